The molecule has 1 heterocycles. The number of rotatable bonds is 4. The molecule has 1 fully saturated rings. The minimum atomic E-state index is -0.951. The number of ether oxygens (including phenoxy) is 3. The van der Waals surface area contributed by atoms with E-state index in [2.05, 4.69) is 6.58 Å². The van der Waals surface area contributed by atoms with Gasteiger partial charge in [0, 0.05) is 12.7 Å². The molecular formula is C13H20O5S. The average molecular weight is 288 g/mol. The van der Waals surface area contributed by atoms with Crippen LogP contribution in [0.3, 0.4) is 0 Å². The molecule has 1 aliphatic rings. The number of hydrogen-bond donors (Lipinski definition) is 0. The molecule has 0 aromatic heterocycles. The molecule has 0 aliphatic carbocycles. The lowest BCUT2D eigenvalue weighted by atomic mass is 10.3. The summed E-state index contributed by atoms with van der Waals surface area (Å²) in [6.45, 7) is 7.57. The zero-order valence-corrected chi connectivity index (χ0v) is 12.2. The highest BCUT2D eigenvalue weighted by molar-refractivity contribution is 8.00. The predicted molar refractivity (Wildman–Crippen MR) is 72.8 cm³/mol. The van der Waals surface area contributed by atoms with E-state index in [4.69, 9.17) is 14.2 Å². The smallest absolute Gasteiger partial charge is 0.348 e. The first kappa shape index (κ1) is 16.0. The Labute approximate surface area is 117 Å². The minimum Gasteiger partial charge on any atom is -0.447 e. The second kappa shape index (κ2) is 7.55. The molecule has 0 saturated carbocycles. The van der Waals surface area contributed by atoms with Crippen molar-refractivity contribution in [3.63, 3.8) is 0 Å². The lowest BCUT2D eigenvalue weighted by Crippen LogP contribution is -2.39. The first-order valence-corrected chi connectivity index (χ1v) is 7.23. The van der Waals surface area contributed by atoms with Crippen LogP contribution in [-0.4, -0.2) is 41.9 Å². The zero-order valence-electron chi connectivity index (χ0n) is 11.3. The van der Waals surface area contributed by atoms with E-state index in [1.807, 2.05) is 6.92 Å². The van der Waals surface area contributed by atoms with Gasteiger partial charge in [-0.2, -0.15) is 0 Å². The Balaban J connectivity index is 2.52. The van der Waals surface area contributed by atoms with Gasteiger partial charge in [-0.1, -0.05) is 6.58 Å². The SMILES string of the molecule is C=CC(=O)OC(C)C(=O)OC1(C)COCCCCS1. The van der Waals surface area contributed by atoms with Crippen LogP contribution in [0, 0.1) is 0 Å². The molecule has 0 N–H and O–H groups in total. The molecule has 6 heteroatoms. The van der Waals surface area contributed by atoms with Gasteiger partial charge >= 0.3 is 11.9 Å². The predicted octanol–water partition coefficient (Wildman–Crippen LogP) is 1.91. The van der Waals surface area contributed by atoms with E-state index in [-0.39, 0.29) is 0 Å². The Hall–Kier alpha value is -1.01. The van der Waals surface area contributed by atoms with Gasteiger partial charge in [0.2, 0.25) is 0 Å². The van der Waals surface area contributed by atoms with E-state index in [1.54, 1.807) is 11.8 Å². The fourth-order valence-electron chi connectivity index (χ4n) is 1.52. The highest BCUT2D eigenvalue weighted by Gasteiger charge is 2.33. The molecule has 1 rings (SSSR count). The second-order valence-electron chi connectivity index (χ2n) is 4.45. The van der Waals surface area contributed by atoms with Crippen LogP contribution in [-0.2, 0) is 23.8 Å². The molecule has 0 bridgehead atoms. The third-order valence-electron chi connectivity index (χ3n) is 2.56. The number of hydrogen-bond acceptors (Lipinski definition) is 6. The Bertz CT molecular complexity index is 334. The number of carbonyl (C=O) groups excluding carboxylic acids is 2. The summed E-state index contributed by atoms with van der Waals surface area (Å²) in [5, 5.41) is 0. The van der Waals surface area contributed by atoms with Crippen LogP contribution >= 0.6 is 11.8 Å². The van der Waals surface area contributed by atoms with Crippen LogP contribution in [0.2, 0.25) is 0 Å². The summed E-state index contributed by atoms with van der Waals surface area (Å²) in [6, 6.07) is 0. The molecule has 0 aromatic rings. The molecule has 5 nitrogen and oxygen atoms in total. The fraction of sp³-hybridized carbons (Fsp3) is 0.692. The van der Waals surface area contributed by atoms with Crippen molar-refractivity contribution in [1.82, 2.24) is 0 Å². The highest BCUT2D eigenvalue weighted by atomic mass is 32.2. The van der Waals surface area contributed by atoms with Gasteiger partial charge in [0.15, 0.2) is 11.0 Å². The van der Waals surface area contributed by atoms with Crippen LogP contribution < -0.4 is 0 Å². The summed E-state index contributed by atoms with van der Waals surface area (Å²) < 4.78 is 15.7. The van der Waals surface area contributed by atoms with E-state index in [0.717, 1.165) is 24.7 Å². The number of carbonyl (C=O) groups is 2. The van der Waals surface area contributed by atoms with Gasteiger partial charge in [-0.3, -0.25) is 0 Å². The van der Waals surface area contributed by atoms with Gasteiger partial charge in [-0.05, 0) is 32.4 Å². The summed E-state index contributed by atoms with van der Waals surface area (Å²) in [5.74, 6) is -0.306. The van der Waals surface area contributed by atoms with Crippen molar-refractivity contribution in [3.05, 3.63) is 12.7 Å². The van der Waals surface area contributed by atoms with Gasteiger partial charge in [0.25, 0.3) is 0 Å². The standard InChI is InChI=1S/C13H20O5S/c1-4-11(14)17-10(2)12(15)18-13(3)9-16-7-5-6-8-19-13/h4,10H,1,5-9H2,2-3H3. The van der Waals surface area contributed by atoms with Gasteiger partial charge in [-0.15, -0.1) is 11.8 Å². The van der Waals surface area contributed by atoms with E-state index in [0.29, 0.717) is 13.2 Å². The molecule has 0 radical (unpaired) electrons. The number of thioether (sulfide) groups is 1. The normalized spacial score (nSPS) is 25.6. The van der Waals surface area contributed by atoms with Gasteiger partial charge in [0.05, 0.1) is 6.61 Å². The molecule has 19 heavy (non-hydrogen) atoms. The van der Waals surface area contributed by atoms with E-state index in [9.17, 15) is 9.59 Å². The Morgan fingerprint density at radius 2 is 2.21 bits per heavy atom. The number of esters is 2. The zero-order chi connectivity index (χ0) is 14.3. The first-order valence-electron chi connectivity index (χ1n) is 6.24. The summed E-state index contributed by atoms with van der Waals surface area (Å²) >= 11 is 1.54. The van der Waals surface area contributed by atoms with E-state index < -0.39 is 23.0 Å². The minimum absolute atomic E-state index is 0.339. The van der Waals surface area contributed by atoms with E-state index >= 15 is 0 Å². The molecule has 2 unspecified atom stereocenters. The third kappa shape index (κ3) is 5.65. The van der Waals surface area contributed by atoms with Crippen molar-refractivity contribution in [2.75, 3.05) is 19.0 Å². The molecule has 1 saturated heterocycles. The largest absolute Gasteiger partial charge is 0.447 e. The Kier molecular flexibility index (Phi) is 6.37. The van der Waals surface area contributed by atoms with Gasteiger partial charge < -0.3 is 14.2 Å². The maximum absolute atomic E-state index is 11.9. The van der Waals surface area contributed by atoms with Gasteiger partial charge in [-0.25, -0.2) is 9.59 Å². The highest BCUT2D eigenvalue weighted by Crippen LogP contribution is 2.30. The molecule has 1 aliphatic heterocycles. The third-order valence-corrected chi connectivity index (χ3v) is 3.87. The van der Waals surface area contributed by atoms with Crippen LogP contribution in [0.5, 0.6) is 0 Å². The maximum atomic E-state index is 11.9. The fourth-order valence-corrected chi connectivity index (χ4v) is 2.61. The van der Waals surface area contributed by atoms with Crippen LogP contribution in [0.25, 0.3) is 0 Å². The quantitative estimate of drug-likeness (QED) is 0.581. The summed E-state index contributed by atoms with van der Waals surface area (Å²) in [7, 11) is 0. The second-order valence-corrected chi connectivity index (χ2v) is 6.01. The van der Waals surface area contributed by atoms with Crippen molar-refractivity contribution >= 4 is 23.7 Å². The lowest BCUT2D eigenvalue weighted by molar-refractivity contribution is -0.171. The van der Waals surface area contributed by atoms with Crippen molar-refractivity contribution in [2.45, 2.75) is 37.7 Å². The van der Waals surface area contributed by atoms with Crippen LogP contribution in [0.1, 0.15) is 26.7 Å². The Morgan fingerprint density at radius 1 is 1.47 bits per heavy atom. The van der Waals surface area contributed by atoms with Crippen molar-refractivity contribution < 1.29 is 23.8 Å². The summed E-state index contributed by atoms with van der Waals surface area (Å²) in [5.41, 5.74) is 0. The first-order chi connectivity index (χ1) is 8.97. The van der Waals surface area contributed by atoms with Crippen LogP contribution in [0.4, 0.5) is 0 Å². The average Bonchev–Trinajstić information content (AvgIpc) is 2.34. The van der Waals surface area contributed by atoms with Crippen molar-refractivity contribution in [3.8, 4) is 0 Å². The molecule has 2 atom stereocenters. The van der Waals surface area contributed by atoms with Gasteiger partial charge in [0.1, 0.15) is 0 Å². The van der Waals surface area contributed by atoms with Crippen LogP contribution in [0.15, 0.2) is 12.7 Å². The van der Waals surface area contributed by atoms with Crippen molar-refractivity contribution in [1.29, 1.82) is 0 Å². The summed E-state index contributed by atoms with van der Waals surface area (Å²) in [6.07, 6.45) is 2.11. The summed E-state index contributed by atoms with van der Waals surface area (Å²) in [4.78, 5) is 22.2. The topological polar surface area (TPSA) is 61.8 Å². The molecular weight excluding hydrogens is 268 g/mol. The van der Waals surface area contributed by atoms with E-state index in [1.165, 1.54) is 6.92 Å². The molecule has 0 amide bonds. The molecule has 0 spiro atoms. The monoisotopic (exact) mass is 288 g/mol. The Morgan fingerprint density at radius 3 is 2.89 bits per heavy atom. The lowest BCUT2D eigenvalue weighted by Gasteiger charge is -2.31. The molecule has 108 valence electrons. The molecule has 0 aromatic carbocycles. The van der Waals surface area contributed by atoms with Crippen molar-refractivity contribution in [2.24, 2.45) is 0 Å². The maximum Gasteiger partial charge on any atom is 0.348 e.